The minimum atomic E-state index is 0.137. The predicted molar refractivity (Wildman–Crippen MR) is 60.3 cm³/mol. The smallest absolute Gasteiger partial charge is 0.234 e. The second-order valence-corrected chi connectivity index (χ2v) is 4.27. The Morgan fingerprint density at radius 2 is 2.07 bits per heavy atom. The number of amides is 1. The van der Waals surface area contributed by atoms with E-state index >= 15 is 0 Å². The molecule has 0 rings (SSSR count). The van der Waals surface area contributed by atoms with Crippen LogP contribution in [0.2, 0.25) is 0 Å². The number of hydrogen-bond acceptors (Lipinski definition) is 2. The Bertz CT molecular complexity index is 157. The van der Waals surface area contributed by atoms with Crippen LogP contribution in [0.5, 0.6) is 0 Å². The molecule has 0 saturated carbocycles. The summed E-state index contributed by atoms with van der Waals surface area (Å²) in [6.45, 7) is 8.76. The van der Waals surface area contributed by atoms with Gasteiger partial charge >= 0.3 is 0 Å². The third-order valence-electron chi connectivity index (χ3n) is 2.07. The Kier molecular flexibility index (Phi) is 7.48. The van der Waals surface area contributed by atoms with E-state index < -0.39 is 0 Å². The highest BCUT2D eigenvalue weighted by atomic mass is 16.1. The van der Waals surface area contributed by atoms with Gasteiger partial charge < -0.3 is 5.32 Å². The van der Waals surface area contributed by atoms with Gasteiger partial charge in [-0.3, -0.25) is 9.69 Å². The average Bonchev–Trinajstić information content (AvgIpc) is 2.11. The quantitative estimate of drug-likeness (QED) is 0.675. The van der Waals surface area contributed by atoms with E-state index in [1.807, 2.05) is 7.05 Å². The normalized spacial score (nSPS) is 11.0. The number of rotatable bonds is 7. The Morgan fingerprint density at radius 1 is 1.43 bits per heavy atom. The summed E-state index contributed by atoms with van der Waals surface area (Å²) in [5.41, 5.74) is 0. The monoisotopic (exact) mass is 200 g/mol. The molecule has 0 aliphatic carbocycles. The van der Waals surface area contributed by atoms with Crippen LogP contribution >= 0.6 is 0 Å². The van der Waals surface area contributed by atoms with Crippen molar-refractivity contribution >= 4 is 5.91 Å². The number of likely N-dealkylation sites (N-methyl/N-ethyl adjacent to an activating group) is 1. The van der Waals surface area contributed by atoms with Crippen molar-refractivity contribution in [1.29, 1.82) is 0 Å². The summed E-state index contributed by atoms with van der Waals surface area (Å²) in [4.78, 5) is 13.4. The molecule has 0 radical (unpaired) electrons. The van der Waals surface area contributed by atoms with Crippen molar-refractivity contribution in [3.05, 3.63) is 0 Å². The molecule has 0 spiro atoms. The van der Waals surface area contributed by atoms with Crippen LogP contribution < -0.4 is 5.32 Å². The van der Waals surface area contributed by atoms with Crippen LogP contribution in [0.1, 0.15) is 33.6 Å². The summed E-state index contributed by atoms with van der Waals surface area (Å²) in [5.74, 6) is 0.842. The Labute approximate surface area is 87.9 Å². The standard InChI is InChI=1S/C11H24N2O/c1-5-7-12-11(14)9-13(4)8-6-10(2)3/h10H,5-9H2,1-4H3,(H,12,14). The van der Waals surface area contributed by atoms with E-state index in [0.29, 0.717) is 12.5 Å². The average molecular weight is 200 g/mol. The van der Waals surface area contributed by atoms with Crippen LogP contribution in [0, 0.1) is 5.92 Å². The van der Waals surface area contributed by atoms with Gasteiger partial charge in [0.15, 0.2) is 0 Å². The van der Waals surface area contributed by atoms with Gasteiger partial charge in [-0.25, -0.2) is 0 Å². The maximum Gasteiger partial charge on any atom is 0.234 e. The molecule has 0 atom stereocenters. The molecule has 1 N–H and O–H groups in total. The first kappa shape index (κ1) is 13.4. The second kappa shape index (κ2) is 7.80. The fraction of sp³-hybridized carbons (Fsp3) is 0.909. The Balaban J connectivity index is 3.50. The van der Waals surface area contributed by atoms with Gasteiger partial charge in [-0.2, -0.15) is 0 Å². The van der Waals surface area contributed by atoms with Crippen molar-refractivity contribution in [3.8, 4) is 0 Å². The molecule has 0 bridgehead atoms. The lowest BCUT2D eigenvalue weighted by Crippen LogP contribution is -2.36. The SMILES string of the molecule is CCCNC(=O)CN(C)CCC(C)C. The van der Waals surface area contributed by atoms with Crippen molar-refractivity contribution in [2.24, 2.45) is 5.92 Å². The van der Waals surface area contributed by atoms with Gasteiger partial charge in [0.25, 0.3) is 0 Å². The van der Waals surface area contributed by atoms with Crippen molar-refractivity contribution in [2.45, 2.75) is 33.6 Å². The van der Waals surface area contributed by atoms with Gasteiger partial charge in [-0.05, 0) is 32.4 Å². The van der Waals surface area contributed by atoms with E-state index in [1.54, 1.807) is 0 Å². The highest BCUT2D eigenvalue weighted by molar-refractivity contribution is 5.77. The lowest BCUT2D eigenvalue weighted by Gasteiger charge is -2.17. The van der Waals surface area contributed by atoms with Crippen molar-refractivity contribution < 1.29 is 4.79 Å². The number of nitrogens with one attached hydrogen (secondary N) is 1. The first-order valence-corrected chi connectivity index (χ1v) is 5.51. The van der Waals surface area contributed by atoms with Gasteiger partial charge in [-0.1, -0.05) is 20.8 Å². The predicted octanol–water partition coefficient (Wildman–Crippen LogP) is 1.49. The highest BCUT2D eigenvalue weighted by Gasteiger charge is 2.05. The largest absolute Gasteiger partial charge is 0.355 e. The molecule has 84 valence electrons. The molecule has 3 nitrogen and oxygen atoms in total. The molecule has 0 aromatic rings. The first-order valence-electron chi connectivity index (χ1n) is 5.51. The maximum atomic E-state index is 11.3. The molecular weight excluding hydrogens is 176 g/mol. The second-order valence-electron chi connectivity index (χ2n) is 4.27. The lowest BCUT2D eigenvalue weighted by atomic mass is 10.1. The first-order chi connectivity index (χ1) is 6.56. The van der Waals surface area contributed by atoms with Gasteiger partial charge in [0.05, 0.1) is 6.54 Å². The minimum Gasteiger partial charge on any atom is -0.355 e. The summed E-state index contributed by atoms with van der Waals surface area (Å²) >= 11 is 0. The van der Waals surface area contributed by atoms with Crippen LogP contribution in [0.15, 0.2) is 0 Å². The zero-order chi connectivity index (χ0) is 11.0. The van der Waals surface area contributed by atoms with Gasteiger partial charge in [0.1, 0.15) is 0 Å². The molecular formula is C11H24N2O. The van der Waals surface area contributed by atoms with Crippen molar-refractivity contribution in [2.75, 3.05) is 26.7 Å². The molecule has 0 saturated heterocycles. The van der Waals surface area contributed by atoms with Crippen molar-refractivity contribution in [1.82, 2.24) is 10.2 Å². The molecule has 0 heterocycles. The molecule has 0 aromatic carbocycles. The van der Waals surface area contributed by atoms with Gasteiger partial charge in [-0.15, -0.1) is 0 Å². The topological polar surface area (TPSA) is 32.3 Å². The molecule has 0 fully saturated rings. The van der Waals surface area contributed by atoms with E-state index in [9.17, 15) is 4.79 Å². The zero-order valence-electron chi connectivity index (χ0n) is 9.97. The minimum absolute atomic E-state index is 0.137. The van der Waals surface area contributed by atoms with E-state index in [1.165, 1.54) is 0 Å². The van der Waals surface area contributed by atoms with Crippen molar-refractivity contribution in [3.63, 3.8) is 0 Å². The van der Waals surface area contributed by atoms with Gasteiger partial charge in [0.2, 0.25) is 5.91 Å². The molecule has 0 aliphatic rings. The van der Waals surface area contributed by atoms with Crippen LogP contribution in [0.3, 0.4) is 0 Å². The number of nitrogens with zero attached hydrogens (tertiary/aromatic N) is 1. The molecule has 0 aliphatic heterocycles. The number of carbonyl (C=O) groups excluding carboxylic acids is 1. The van der Waals surface area contributed by atoms with Gasteiger partial charge in [0, 0.05) is 6.54 Å². The molecule has 14 heavy (non-hydrogen) atoms. The summed E-state index contributed by atoms with van der Waals surface area (Å²) in [6.07, 6.45) is 2.15. The van der Waals surface area contributed by atoms with Crippen LogP contribution in [-0.4, -0.2) is 37.5 Å². The van der Waals surface area contributed by atoms with Crippen LogP contribution in [0.4, 0.5) is 0 Å². The molecule has 0 aromatic heterocycles. The van der Waals surface area contributed by atoms with Crippen LogP contribution in [0.25, 0.3) is 0 Å². The van der Waals surface area contributed by atoms with E-state index in [2.05, 4.69) is 31.0 Å². The summed E-state index contributed by atoms with van der Waals surface area (Å²) in [7, 11) is 1.99. The highest BCUT2D eigenvalue weighted by Crippen LogP contribution is 1.99. The molecule has 3 heteroatoms. The third-order valence-corrected chi connectivity index (χ3v) is 2.07. The zero-order valence-corrected chi connectivity index (χ0v) is 9.97. The van der Waals surface area contributed by atoms with E-state index in [4.69, 9.17) is 0 Å². The fourth-order valence-corrected chi connectivity index (χ4v) is 1.12. The summed E-state index contributed by atoms with van der Waals surface area (Å²) in [6, 6.07) is 0. The Morgan fingerprint density at radius 3 is 2.57 bits per heavy atom. The van der Waals surface area contributed by atoms with E-state index in [-0.39, 0.29) is 5.91 Å². The summed E-state index contributed by atoms with van der Waals surface area (Å²) < 4.78 is 0. The molecule has 0 unspecified atom stereocenters. The maximum absolute atomic E-state index is 11.3. The van der Waals surface area contributed by atoms with E-state index in [0.717, 1.165) is 25.9 Å². The molecule has 1 amide bonds. The number of carbonyl (C=O) groups is 1. The number of hydrogen-bond donors (Lipinski definition) is 1. The third kappa shape index (κ3) is 8.05. The fourth-order valence-electron chi connectivity index (χ4n) is 1.12. The van der Waals surface area contributed by atoms with Crippen LogP contribution in [-0.2, 0) is 4.79 Å². The summed E-state index contributed by atoms with van der Waals surface area (Å²) in [5, 5.41) is 2.87. The lowest BCUT2D eigenvalue weighted by molar-refractivity contribution is -0.121. The Hall–Kier alpha value is -0.570.